The third-order valence-electron chi connectivity index (χ3n) is 4.11. The Labute approximate surface area is 158 Å². The number of fused-ring (bicyclic) bond motifs is 1. The number of nitrogens with zero attached hydrogens (tertiary/aromatic N) is 6. The normalized spacial score (nSPS) is 16.4. The van der Waals surface area contributed by atoms with Gasteiger partial charge < -0.3 is 4.90 Å². The van der Waals surface area contributed by atoms with Crippen LogP contribution in [-0.4, -0.2) is 37.1 Å². The van der Waals surface area contributed by atoms with Gasteiger partial charge in [0.05, 0.1) is 12.2 Å². The smallest absolute Gasteiger partial charge is 0.333 e. The lowest BCUT2D eigenvalue weighted by atomic mass is 10.0. The monoisotopic (exact) mass is 389 g/mol. The molecule has 1 amide bonds. The Balaban J connectivity index is 1.57. The molecule has 1 atom stereocenters. The number of carbonyl (C=O) groups is 1. The van der Waals surface area contributed by atoms with Crippen molar-refractivity contribution < 1.29 is 4.79 Å². The molecule has 0 radical (unpaired) electrons. The second kappa shape index (κ2) is 6.65. The van der Waals surface area contributed by atoms with Crippen LogP contribution in [0, 0.1) is 6.92 Å². The number of rotatable bonds is 2. The minimum absolute atomic E-state index is 0.211. The van der Waals surface area contributed by atoms with Gasteiger partial charge in [0.1, 0.15) is 12.1 Å². The SMILES string of the molecule is Cc1cc(N2Cc3sc(NC(=O)n4ccnc4)nc3C(C)C2)nc(Cl)n1. The average molecular weight is 390 g/mol. The van der Waals surface area contributed by atoms with Gasteiger partial charge in [0.25, 0.3) is 0 Å². The molecule has 1 N–H and O–H groups in total. The van der Waals surface area contributed by atoms with Gasteiger partial charge in [0, 0.05) is 41.5 Å². The molecule has 10 heteroatoms. The summed E-state index contributed by atoms with van der Waals surface area (Å²) in [6.07, 6.45) is 4.60. The van der Waals surface area contributed by atoms with Crippen molar-refractivity contribution in [3.8, 4) is 0 Å². The lowest BCUT2D eigenvalue weighted by molar-refractivity contribution is 0.253. The van der Waals surface area contributed by atoms with E-state index in [9.17, 15) is 4.79 Å². The predicted molar refractivity (Wildman–Crippen MR) is 100 cm³/mol. The summed E-state index contributed by atoms with van der Waals surface area (Å²) >= 11 is 7.48. The van der Waals surface area contributed by atoms with Crippen LogP contribution < -0.4 is 10.2 Å². The number of anilines is 2. The minimum atomic E-state index is -0.281. The van der Waals surface area contributed by atoms with E-state index in [0.29, 0.717) is 11.7 Å². The zero-order chi connectivity index (χ0) is 18.3. The molecule has 4 rings (SSSR count). The van der Waals surface area contributed by atoms with Gasteiger partial charge >= 0.3 is 6.03 Å². The summed E-state index contributed by atoms with van der Waals surface area (Å²) in [4.78, 5) is 32.4. The van der Waals surface area contributed by atoms with Crippen LogP contribution >= 0.6 is 22.9 Å². The Kier molecular flexibility index (Phi) is 4.33. The van der Waals surface area contributed by atoms with E-state index in [0.717, 1.165) is 28.6 Å². The van der Waals surface area contributed by atoms with Crippen molar-refractivity contribution in [2.45, 2.75) is 26.3 Å². The van der Waals surface area contributed by atoms with Gasteiger partial charge in [-0.1, -0.05) is 18.3 Å². The fraction of sp³-hybridized carbons (Fsp3) is 0.312. The van der Waals surface area contributed by atoms with Crippen molar-refractivity contribution in [3.05, 3.63) is 46.3 Å². The summed E-state index contributed by atoms with van der Waals surface area (Å²) in [5.74, 6) is 1.01. The van der Waals surface area contributed by atoms with E-state index in [-0.39, 0.29) is 17.2 Å². The van der Waals surface area contributed by atoms with Gasteiger partial charge in [-0.15, -0.1) is 0 Å². The number of aryl methyl sites for hydroxylation is 1. The molecule has 0 saturated heterocycles. The van der Waals surface area contributed by atoms with Crippen molar-refractivity contribution in [2.75, 3.05) is 16.8 Å². The minimum Gasteiger partial charge on any atom is -0.351 e. The number of amides is 1. The first-order valence-corrected chi connectivity index (χ1v) is 9.24. The van der Waals surface area contributed by atoms with Crippen LogP contribution in [0.3, 0.4) is 0 Å². The van der Waals surface area contributed by atoms with Crippen LogP contribution in [0.25, 0.3) is 0 Å². The molecule has 1 aliphatic heterocycles. The number of thiazole rings is 1. The highest BCUT2D eigenvalue weighted by molar-refractivity contribution is 7.15. The number of nitrogens with one attached hydrogen (secondary N) is 1. The number of aromatic nitrogens is 5. The zero-order valence-corrected chi connectivity index (χ0v) is 15.8. The van der Waals surface area contributed by atoms with Gasteiger partial charge in [-0.25, -0.2) is 24.7 Å². The van der Waals surface area contributed by atoms with Crippen molar-refractivity contribution in [1.29, 1.82) is 0 Å². The molecule has 1 aliphatic rings. The lowest BCUT2D eigenvalue weighted by Gasteiger charge is -2.31. The largest absolute Gasteiger partial charge is 0.351 e. The Bertz CT molecular complexity index is 935. The van der Waals surface area contributed by atoms with E-state index in [1.807, 2.05) is 13.0 Å². The first-order chi connectivity index (χ1) is 12.5. The van der Waals surface area contributed by atoms with Crippen LogP contribution in [-0.2, 0) is 6.54 Å². The second-order valence-corrected chi connectivity index (χ2v) is 7.57. The molecule has 0 aromatic carbocycles. The molecule has 4 heterocycles. The second-order valence-electron chi connectivity index (χ2n) is 6.15. The molecule has 26 heavy (non-hydrogen) atoms. The number of hydrogen-bond acceptors (Lipinski definition) is 7. The van der Waals surface area contributed by atoms with Crippen molar-refractivity contribution in [3.63, 3.8) is 0 Å². The number of halogens is 1. The fourth-order valence-electron chi connectivity index (χ4n) is 2.96. The summed E-state index contributed by atoms with van der Waals surface area (Å²) in [7, 11) is 0. The third kappa shape index (κ3) is 3.27. The van der Waals surface area contributed by atoms with E-state index in [4.69, 9.17) is 11.6 Å². The van der Waals surface area contributed by atoms with Gasteiger partial charge in [0.2, 0.25) is 5.28 Å². The first kappa shape index (κ1) is 16.9. The molecule has 0 spiro atoms. The summed E-state index contributed by atoms with van der Waals surface area (Å²) in [5.41, 5.74) is 1.85. The molecular formula is C16H16ClN7OS. The molecule has 8 nitrogen and oxygen atoms in total. The molecule has 134 valence electrons. The van der Waals surface area contributed by atoms with Crippen molar-refractivity contribution >= 4 is 39.9 Å². The summed E-state index contributed by atoms with van der Waals surface area (Å²) in [6, 6.07) is 1.64. The number of carbonyl (C=O) groups excluding carboxylic acids is 1. The van der Waals surface area contributed by atoms with E-state index < -0.39 is 0 Å². The fourth-order valence-corrected chi connectivity index (χ4v) is 4.27. The molecule has 0 aliphatic carbocycles. The van der Waals surface area contributed by atoms with Gasteiger partial charge in [-0.2, -0.15) is 0 Å². The van der Waals surface area contributed by atoms with Crippen LogP contribution in [0.5, 0.6) is 0 Å². The Morgan fingerprint density at radius 2 is 2.23 bits per heavy atom. The van der Waals surface area contributed by atoms with Crippen LogP contribution in [0.1, 0.15) is 29.1 Å². The molecule has 0 saturated carbocycles. The summed E-state index contributed by atoms with van der Waals surface area (Å²) in [6.45, 7) is 5.46. The number of hydrogen-bond donors (Lipinski definition) is 1. The predicted octanol–water partition coefficient (Wildman–Crippen LogP) is 3.30. The van der Waals surface area contributed by atoms with Crippen LogP contribution in [0.2, 0.25) is 5.28 Å². The van der Waals surface area contributed by atoms with E-state index in [1.165, 1.54) is 22.2 Å². The molecule has 0 fully saturated rings. The van der Waals surface area contributed by atoms with E-state index >= 15 is 0 Å². The van der Waals surface area contributed by atoms with E-state index in [1.54, 1.807) is 12.4 Å². The Morgan fingerprint density at radius 1 is 1.38 bits per heavy atom. The first-order valence-electron chi connectivity index (χ1n) is 8.04. The zero-order valence-electron chi connectivity index (χ0n) is 14.2. The third-order valence-corrected chi connectivity index (χ3v) is 5.25. The molecular weight excluding hydrogens is 374 g/mol. The summed E-state index contributed by atoms with van der Waals surface area (Å²) < 4.78 is 1.38. The Hall–Kier alpha value is -2.52. The lowest BCUT2D eigenvalue weighted by Crippen LogP contribution is -2.32. The molecule has 0 bridgehead atoms. The maximum absolute atomic E-state index is 12.2. The maximum atomic E-state index is 12.2. The standard InChI is InChI=1S/C16H16ClN7OS/c1-9-6-24(12-5-10(2)19-14(17)20-12)7-11-13(9)21-15(26-11)22-16(25)23-4-3-18-8-23/h3-5,8-9H,6-7H2,1-2H3,(H,21,22,25). The van der Waals surface area contributed by atoms with Gasteiger partial charge in [-0.3, -0.25) is 9.88 Å². The van der Waals surface area contributed by atoms with Crippen molar-refractivity contribution in [1.82, 2.24) is 24.5 Å². The quantitative estimate of drug-likeness (QED) is 0.676. The van der Waals surface area contributed by atoms with Crippen molar-refractivity contribution in [2.24, 2.45) is 0 Å². The van der Waals surface area contributed by atoms with Crippen LogP contribution in [0.4, 0.5) is 15.7 Å². The topological polar surface area (TPSA) is 88.8 Å². The average Bonchev–Trinajstić information content (AvgIpc) is 3.23. The highest BCUT2D eigenvalue weighted by Crippen LogP contribution is 2.36. The van der Waals surface area contributed by atoms with E-state index in [2.05, 4.69) is 37.1 Å². The molecule has 3 aromatic rings. The highest BCUT2D eigenvalue weighted by atomic mass is 35.5. The summed E-state index contributed by atoms with van der Waals surface area (Å²) in [5, 5.41) is 3.65. The molecule has 3 aromatic heterocycles. The highest BCUT2D eigenvalue weighted by Gasteiger charge is 2.28. The Morgan fingerprint density at radius 3 is 2.96 bits per heavy atom. The van der Waals surface area contributed by atoms with Gasteiger partial charge in [-0.05, 0) is 18.5 Å². The van der Waals surface area contributed by atoms with Gasteiger partial charge in [0.15, 0.2) is 5.13 Å². The van der Waals surface area contributed by atoms with Crippen LogP contribution in [0.15, 0.2) is 24.8 Å². The molecule has 1 unspecified atom stereocenters. The maximum Gasteiger partial charge on any atom is 0.333 e. The number of imidazole rings is 1.